The zero-order valence-corrected chi connectivity index (χ0v) is 12.2. The van der Waals surface area contributed by atoms with Crippen molar-refractivity contribution in [1.29, 1.82) is 0 Å². The quantitative estimate of drug-likeness (QED) is 0.830. The van der Waals surface area contributed by atoms with Crippen LogP contribution in [0.3, 0.4) is 0 Å². The van der Waals surface area contributed by atoms with Crippen LogP contribution < -0.4 is 10.6 Å². The van der Waals surface area contributed by atoms with Crippen molar-refractivity contribution in [2.75, 3.05) is 13.1 Å². The molecular weight excluding hydrogens is 248 g/mol. The maximum Gasteiger partial charge on any atom is 0.220 e. The topological polar surface area (TPSA) is 41.1 Å². The van der Waals surface area contributed by atoms with Gasteiger partial charge in [-0.15, -0.1) is 12.4 Å². The lowest BCUT2D eigenvalue weighted by atomic mass is 9.80. The van der Waals surface area contributed by atoms with Gasteiger partial charge in [-0.1, -0.05) is 19.8 Å². The highest BCUT2D eigenvalue weighted by atomic mass is 35.5. The standard InChI is InChI=1S/C14H26N2O.ClH/c1-11-4-2-5-12(8-11)9-14(17)16-13-6-3-7-15-10-13;/h11-13,15H,2-10H2,1H3,(H,16,17);1H/t11?,12?,13-;/m0./s1. The van der Waals surface area contributed by atoms with Gasteiger partial charge in [0.15, 0.2) is 0 Å². The number of piperidine rings is 1. The Kier molecular flexibility index (Phi) is 7.02. The van der Waals surface area contributed by atoms with Crippen LogP contribution in [0.4, 0.5) is 0 Å². The average molecular weight is 275 g/mol. The van der Waals surface area contributed by atoms with Crippen LogP contribution in [0.1, 0.15) is 51.9 Å². The van der Waals surface area contributed by atoms with Crippen LogP contribution in [0.5, 0.6) is 0 Å². The highest BCUT2D eigenvalue weighted by Gasteiger charge is 2.22. The Morgan fingerprint density at radius 2 is 2.11 bits per heavy atom. The van der Waals surface area contributed by atoms with E-state index in [1.165, 1.54) is 32.1 Å². The van der Waals surface area contributed by atoms with Gasteiger partial charge in [-0.3, -0.25) is 4.79 Å². The Hall–Kier alpha value is -0.280. The van der Waals surface area contributed by atoms with Gasteiger partial charge in [-0.2, -0.15) is 0 Å². The fourth-order valence-electron chi connectivity index (χ4n) is 3.27. The molecule has 18 heavy (non-hydrogen) atoms. The van der Waals surface area contributed by atoms with Crippen molar-refractivity contribution in [3.8, 4) is 0 Å². The molecule has 0 aromatic carbocycles. The number of hydrogen-bond acceptors (Lipinski definition) is 2. The van der Waals surface area contributed by atoms with Gasteiger partial charge in [0.05, 0.1) is 0 Å². The van der Waals surface area contributed by atoms with Gasteiger partial charge >= 0.3 is 0 Å². The minimum absolute atomic E-state index is 0. The third-order valence-corrected chi connectivity index (χ3v) is 4.18. The molecule has 2 unspecified atom stereocenters. The summed E-state index contributed by atoms with van der Waals surface area (Å²) >= 11 is 0. The molecule has 0 aromatic heterocycles. The molecule has 1 aliphatic carbocycles. The van der Waals surface area contributed by atoms with Crippen LogP contribution in [-0.4, -0.2) is 25.0 Å². The molecule has 3 atom stereocenters. The highest BCUT2D eigenvalue weighted by Crippen LogP contribution is 2.30. The second-order valence-electron chi connectivity index (χ2n) is 5.95. The lowest BCUT2D eigenvalue weighted by molar-refractivity contribution is -0.123. The fourth-order valence-corrected chi connectivity index (χ4v) is 3.27. The predicted molar refractivity (Wildman–Crippen MR) is 77.0 cm³/mol. The summed E-state index contributed by atoms with van der Waals surface area (Å²) in [6.45, 7) is 4.37. The minimum Gasteiger partial charge on any atom is -0.352 e. The first kappa shape index (κ1) is 15.8. The van der Waals surface area contributed by atoms with Crippen molar-refractivity contribution in [3.63, 3.8) is 0 Å². The Morgan fingerprint density at radius 3 is 2.78 bits per heavy atom. The Labute approximate surface area is 117 Å². The molecule has 2 N–H and O–H groups in total. The van der Waals surface area contributed by atoms with E-state index in [-0.39, 0.29) is 18.3 Å². The molecule has 0 spiro atoms. The van der Waals surface area contributed by atoms with Crippen molar-refractivity contribution >= 4 is 18.3 Å². The third-order valence-electron chi connectivity index (χ3n) is 4.18. The molecule has 0 aromatic rings. The summed E-state index contributed by atoms with van der Waals surface area (Å²) in [5.74, 6) is 1.73. The summed E-state index contributed by atoms with van der Waals surface area (Å²) in [5.41, 5.74) is 0. The van der Waals surface area contributed by atoms with Gasteiger partial charge < -0.3 is 10.6 Å². The Morgan fingerprint density at radius 1 is 1.28 bits per heavy atom. The molecule has 0 radical (unpaired) electrons. The summed E-state index contributed by atoms with van der Waals surface area (Å²) in [7, 11) is 0. The van der Waals surface area contributed by atoms with E-state index >= 15 is 0 Å². The van der Waals surface area contributed by atoms with Crippen molar-refractivity contribution in [2.45, 2.75) is 57.9 Å². The number of carbonyl (C=O) groups excluding carboxylic acids is 1. The van der Waals surface area contributed by atoms with Crippen LogP contribution in [-0.2, 0) is 4.79 Å². The first-order valence-electron chi connectivity index (χ1n) is 7.24. The van der Waals surface area contributed by atoms with E-state index in [9.17, 15) is 4.79 Å². The zero-order chi connectivity index (χ0) is 12.1. The van der Waals surface area contributed by atoms with E-state index < -0.39 is 0 Å². The summed E-state index contributed by atoms with van der Waals surface area (Å²) < 4.78 is 0. The van der Waals surface area contributed by atoms with E-state index in [2.05, 4.69) is 17.6 Å². The van der Waals surface area contributed by atoms with E-state index in [1.807, 2.05) is 0 Å². The lowest BCUT2D eigenvalue weighted by Gasteiger charge is -2.28. The molecule has 2 rings (SSSR count). The van der Waals surface area contributed by atoms with Gasteiger partial charge in [0.1, 0.15) is 0 Å². The monoisotopic (exact) mass is 274 g/mol. The van der Waals surface area contributed by atoms with Crippen molar-refractivity contribution in [2.24, 2.45) is 11.8 Å². The van der Waals surface area contributed by atoms with Crippen LogP contribution in [0, 0.1) is 11.8 Å². The van der Waals surface area contributed by atoms with Gasteiger partial charge in [-0.25, -0.2) is 0 Å². The average Bonchev–Trinajstić information content (AvgIpc) is 2.30. The molecule has 106 valence electrons. The van der Waals surface area contributed by atoms with Crippen molar-refractivity contribution in [3.05, 3.63) is 0 Å². The van der Waals surface area contributed by atoms with E-state index in [0.29, 0.717) is 12.0 Å². The summed E-state index contributed by atoms with van der Waals surface area (Å²) in [6, 6.07) is 0.372. The van der Waals surface area contributed by atoms with E-state index in [4.69, 9.17) is 0 Å². The lowest BCUT2D eigenvalue weighted by Crippen LogP contribution is -2.46. The second-order valence-corrected chi connectivity index (χ2v) is 5.95. The van der Waals surface area contributed by atoms with Gasteiger partial charge in [0.2, 0.25) is 5.91 Å². The molecule has 2 aliphatic rings. The molecule has 1 amide bonds. The molecular formula is C14H27ClN2O. The van der Waals surface area contributed by atoms with Gasteiger partial charge in [-0.05, 0) is 44.1 Å². The highest BCUT2D eigenvalue weighted by molar-refractivity contribution is 5.85. The number of amides is 1. The predicted octanol–water partition coefficient (Wildman–Crippen LogP) is 2.49. The molecule has 4 heteroatoms. The molecule has 0 bridgehead atoms. The van der Waals surface area contributed by atoms with Gasteiger partial charge in [0, 0.05) is 19.0 Å². The Bertz CT molecular complexity index is 254. The first-order valence-corrected chi connectivity index (χ1v) is 7.24. The van der Waals surface area contributed by atoms with Crippen LogP contribution in [0.15, 0.2) is 0 Å². The zero-order valence-electron chi connectivity index (χ0n) is 11.4. The number of halogens is 1. The molecule has 1 saturated heterocycles. The summed E-state index contributed by atoms with van der Waals surface area (Å²) in [6.07, 6.45) is 8.23. The molecule has 1 heterocycles. The van der Waals surface area contributed by atoms with Crippen molar-refractivity contribution in [1.82, 2.24) is 10.6 Å². The largest absolute Gasteiger partial charge is 0.352 e. The van der Waals surface area contributed by atoms with Gasteiger partial charge in [0.25, 0.3) is 0 Å². The summed E-state index contributed by atoms with van der Waals surface area (Å²) in [4.78, 5) is 11.9. The molecule has 3 nitrogen and oxygen atoms in total. The van der Waals surface area contributed by atoms with Crippen LogP contribution >= 0.6 is 12.4 Å². The number of carbonyl (C=O) groups is 1. The molecule has 1 aliphatic heterocycles. The maximum atomic E-state index is 11.9. The number of nitrogens with one attached hydrogen (secondary N) is 2. The summed E-state index contributed by atoms with van der Waals surface area (Å²) in [5, 5.41) is 6.52. The second kappa shape index (κ2) is 8.00. The first-order chi connectivity index (χ1) is 8.24. The smallest absolute Gasteiger partial charge is 0.220 e. The Balaban J connectivity index is 0.00000162. The van der Waals surface area contributed by atoms with Crippen molar-refractivity contribution < 1.29 is 4.79 Å². The minimum atomic E-state index is 0. The third kappa shape index (κ3) is 5.15. The maximum absolute atomic E-state index is 11.9. The normalized spacial score (nSPS) is 32.4. The van der Waals surface area contributed by atoms with Crippen LogP contribution in [0.2, 0.25) is 0 Å². The fraction of sp³-hybridized carbons (Fsp3) is 0.929. The SMILES string of the molecule is CC1CCCC(CC(=O)N[C@H]2CCCNC2)C1.Cl. The number of hydrogen-bond donors (Lipinski definition) is 2. The van der Waals surface area contributed by atoms with Crippen LogP contribution in [0.25, 0.3) is 0 Å². The number of rotatable bonds is 3. The van der Waals surface area contributed by atoms with E-state index in [1.54, 1.807) is 0 Å². The molecule has 2 fully saturated rings. The van der Waals surface area contributed by atoms with E-state index in [0.717, 1.165) is 31.8 Å². The molecule has 1 saturated carbocycles.